The maximum absolute atomic E-state index is 11.9. The maximum Gasteiger partial charge on any atom is 0.220 e. The van der Waals surface area contributed by atoms with E-state index in [1.54, 1.807) is 7.11 Å². The fraction of sp³-hybridized carbons (Fsp3) is 0.316. The number of hydrogen-bond acceptors (Lipinski definition) is 2. The van der Waals surface area contributed by atoms with Gasteiger partial charge in [-0.3, -0.25) is 4.79 Å². The molecule has 0 atom stereocenters. The van der Waals surface area contributed by atoms with Crippen LogP contribution in [0.25, 0.3) is 0 Å². The number of ether oxygens (including phenoxy) is 1. The van der Waals surface area contributed by atoms with Crippen LogP contribution in [0.5, 0.6) is 5.75 Å². The van der Waals surface area contributed by atoms with Crippen molar-refractivity contribution in [3.05, 3.63) is 65.2 Å². The van der Waals surface area contributed by atoms with Crippen LogP contribution in [0.4, 0.5) is 0 Å². The Balaban J connectivity index is 1.70. The Bertz CT molecular complexity index is 605. The molecular formula is C19H23NO2. The number of carbonyl (C=O) groups is 1. The summed E-state index contributed by atoms with van der Waals surface area (Å²) < 4.78 is 5.12. The number of hydrogen-bond donors (Lipinski definition) is 1. The average molecular weight is 297 g/mol. The Morgan fingerprint density at radius 1 is 1.05 bits per heavy atom. The Morgan fingerprint density at radius 3 is 2.45 bits per heavy atom. The van der Waals surface area contributed by atoms with Crippen LogP contribution in [0.1, 0.15) is 23.1 Å². The van der Waals surface area contributed by atoms with Gasteiger partial charge >= 0.3 is 0 Å². The molecule has 2 rings (SSSR count). The number of methoxy groups -OCH3 is 1. The number of rotatable bonds is 7. The maximum atomic E-state index is 11.9. The molecular weight excluding hydrogens is 274 g/mol. The minimum absolute atomic E-state index is 0.101. The van der Waals surface area contributed by atoms with Crippen LogP contribution in [0.2, 0.25) is 0 Å². The normalized spacial score (nSPS) is 10.3. The van der Waals surface area contributed by atoms with Crippen LogP contribution >= 0.6 is 0 Å². The van der Waals surface area contributed by atoms with Gasteiger partial charge < -0.3 is 10.1 Å². The van der Waals surface area contributed by atoms with Gasteiger partial charge in [-0.15, -0.1) is 0 Å². The molecule has 0 radical (unpaired) electrons. The SMILES string of the molecule is COc1ccc(CCC(=O)NCCc2ccccc2C)cc1. The van der Waals surface area contributed by atoms with Gasteiger partial charge in [-0.2, -0.15) is 0 Å². The molecule has 22 heavy (non-hydrogen) atoms. The smallest absolute Gasteiger partial charge is 0.220 e. The molecule has 0 aliphatic carbocycles. The summed E-state index contributed by atoms with van der Waals surface area (Å²) in [7, 11) is 1.65. The summed E-state index contributed by atoms with van der Waals surface area (Å²) in [4.78, 5) is 11.9. The summed E-state index contributed by atoms with van der Waals surface area (Å²) in [5.74, 6) is 0.941. The van der Waals surface area contributed by atoms with E-state index in [9.17, 15) is 4.79 Å². The summed E-state index contributed by atoms with van der Waals surface area (Å²) in [5, 5.41) is 2.99. The lowest BCUT2D eigenvalue weighted by atomic mass is 10.1. The van der Waals surface area contributed by atoms with E-state index in [-0.39, 0.29) is 5.91 Å². The van der Waals surface area contributed by atoms with Crippen LogP contribution < -0.4 is 10.1 Å². The molecule has 0 aromatic heterocycles. The third kappa shape index (κ3) is 4.92. The zero-order valence-corrected chi connectivity index (χ0v) is 13.3. The van der Waals surface area contributed by atoms with Crippen LogP contribution in [-0.4, -0.2) is 19.6 Å². The first kappa shape index (κ1) is 16.1. The highest BCUT2D eigenvalue weighted by Gasteiger charge is 2.03. The lowest BCUT2D eigenvalue weighted by Crippen LogP contribution is -2.26. The predicted molar refractivity (Wildman–Crippen MR) is 89.2 cm³/mol. The quantitative estimate of drug-likeness (QED) is 0.851. The Labute approximate surface area is 132 Å². The second kappa shape index (κ2) is 8.23. The molecule has 0 saturated carbocycles. The largest absolute Gasteiger partial charge is 0.497 e. The molecule has 0 fully saturated rings. The summed E-state index contributed by atoms with van der Waals surface area (Å²) in [6.07, 6.45) is 2.14. The first-order chi connectivity index (χ1) is 10.7. The molecule has 3 nitrogen and oxygen atoms in total. The minimum Gasteiger partial charge on any atom is -0.497 e. The van der Waals surface area contributed by atoms with Gasteiger partial charge in [0, 0.05) is 13.0 Å². The Kier molecular flexibility index (Phi) is 6.01. The number of carbonyl (C=O) groups excluding carboxylic acids is 1. The number of amides is 1. The van der Waals surface area contributed by atoms with Gasteiger partial charge in [0.1, 0.15) is 5.75 Å². The molecule has 0 spiro atoms. The van der Waals surface area contributed by atoms with Crippen molar-refractivity contribution in [2.45, 2.75) is 26.2 Å². The molecule has 0 unspecified atom stereocenters. The zero-order valence-electron chi connectivity index (χ0n) is 13.3. The van der Waals surface area contributed by atoms with Gasteiger partial charge in [0.25, 0.3) is 0 Å². The molecule has 0 bridgehead atoms. The van der Waals surface area contributed by atoms with E-state index in [0.29, 0.717) is 13.0 Å². The van der Waals surface area contributed by atoms with Crippen molar-refractivity contribution >= 4 is 5.91 Å². The molecule has 3 heteroatoms. The third-order valence-electron chi connectivity index (χ3n) is 3.78. The van der Waals surface area contributed by atoms with Gasteiger partial charge in [0.15, 0.2) is 0 Å². The predicted octanol–water partition coefficient (Wildman–Crippen LogP) is 3.30. The highest BCUT2D eigenvalue weighted by Crippen LogP contribution is 2.12. The summed E-state index contributed by atoms with van der Waals surface area (Å²) in [6, 6.07) is 16.1. The van der Waals surface area contributed by atoms with E-state index in [4.69, 9.17) is 4.74 Å². The van der Waals surface area contributed by atoms with Crippen molar-refractivity contribution in [3.63, 3.8) is 0 Å². The first-order valence-electron chi connectivity index (χ1n) is 7.63. The molecule has 1 N–H and O–H groups in total. The number of benzene rings is 2. The highest BCUT2D eigenvalue weighted by molar-refractivity contribution is 5.76. The van der Waals surface area contributed by atoms with Crippen LogP contribution in [0.15, 0.2) is 48.5 Å². The molecule has 0 aliphatic heterocycles. The molecule has 116 valence electrons. The highest BCUT2D eigenvalue weighted by atomic mass is 16.5. The van der Waals surface area contributed by atoms with Gasteiger partial charge in [-0.25, -0.2) is 0 Å². The summed E-state index contributed by atoms with van der Waals surface area (Å²) in [5.41, 5.74) is 3.71. The third-order valence-corrected chi connectivity index (χ3v) is 3.78. The number of nitrogens with one attached hydrogen (secondary N) is 1. The van der Waals surface area contributed by atoms with Gasteiger partial charge in [-0.1, -0.05) is 36.4 Å². The van der Waals surface area contributed by atoms with E-state index < -0.39 is 0 Å². The minimum atomic E-state index is 0.101. The standard InChI is InChI=1S/C19H23NO2/c1-15-5-3-4-6-17(15)13-14-20-19(21)12-9-16-7-10-18(22-2)11-8-16/h3-8,10-11H,9,12-14H2,1-2H3,(H,20,21). The van der Waals surface area contributed by atoms with Crippen molar-refractivity contribution < 1.29 is 9.53 Å². The molecule has 0 saturated heterocycles. The fourth-order valence-corrected chi connectivity index (χ4v) is 2.37. The van der Waals surface area contributed by atoms with Crippen LogP contribution in [-0.2, 0) is 17.6 Å². The monoisotopic (exact) mass is 297 g/mol. The number of aryl methyl sites for hydroxylation is 2. The summed E-state index contributed by atoms with van der Waals surface area (Å²) in [6.45, 7) is 2.78. The Hall–Kier alpha value is -2.29. The zero-order chi connectivity index (χ0) is 15.8. The lowest BCUT2D eigenvalue weighted by molar-refractivity contribution is -0.121. The topological polar surface area (TPSA) is 38.3 Å². The van der Waals surface area contributed by atoms with Gasteiger partial charge in [0.2, 0.25) is 5.91 Å². The van der Waals surface area contributed by atoms with E-state index in [1.165, 1.54) is 11.1 Å². The van der Waals surface area contributed by atoms with Gasteiger partial charge in [0.05, 0.1) is 7.11 Å². The first-order valence-corrected chi connectivity index (χ1v) is 7.63. The van der Waals surface area contributed by atoms with Crippen molar-refractivity contribution in [2.24, 2.45) is 0 Å². The van der Waals surface area contributed by atoms with Crippen molar-refractivity contribution in [3.8, 4) is 5.75 Å². The van der Waals surface area contributed by atoms with Crippen LogP contribution in [0, 0.1) is 6.92 Å². The molecule has 1 amide bonds. The average Bonchev–Trinajstić information content (AvgIpc) is 2.55. The van der Waals surface area contributed by atoms with Gasteiger partial charge in [-0.05, 0) is 48.6 Å². The fourth-order valence-electron chi connectivity index (χ4n) is 2.37. The molecule has 2 aromatic carbocycles. The van der Waals surface area contributed by atoms with Crippen molar-refractivity contribution in [2.75, 3.05) is 13.7 Å². The lowest BCUT2D eigenvalue weighted by Gasteiger charge is -2.08. The second-order valence-corrected chi connectivity index (χ2v) is 5.37. The summed E-state index contributed by atoms with van der Waals surface area (Å²) >= 11 is 0. The van der Waals surface area contributed by atoms with E-state index in [1.807, 2.05) is 36.4 Å². The van der Waals surface area contributed by atoms with E-state index >= 15 is 0 Å². The van der Waals surface area contributed by atoms with E-state index in [0.717, 1.165) is 24.2 Å². The van der Waals surface area contributed by atoms with Crippen molar-refractivity contribution in [1.29, 1.82) is 0 Å². The van der Waals surface area contributed by atoms with Crippen LogP contribution in [0.3, 0.4) is 0 Å². The van der Waals surface area contributed by atoms with E-state index in [2.05, 4.69) is 24.4 Å². The molecule has 0 heterocycles. The second-order valence-electron chi connectivity index (χ2n) is 5.37. The molecule has 2 aromatic rings. The van der Waals surface area contributed by atoms with Crippen molar-refractivity contribution in [1.82, 2.24) is 5.32 Å². The Morgan fingerprint density at radius 2 is 1.77 bits per heavy atom. The molecule has 0 aliphatic rings.